The molecule has 0 N–H and O–H groups in total. The van der Waals surface area contributed by atoms with E-state index >= 15 is 0 Å². The molecule has 0 bridgehead atoms. The molecule has 9 rings (SSSR count). The smallest absolute Gasteiger partial charge is 0.160 e. The van der Waals surface area contributed by atoms with Crippen LogP contribution < -0.4 is 0 Å². The second kappa shape index (κ2) is 9.18. The van der Waals surface area contributed by atoms with E-state index in [1.165, 1.54) is 52.5 Å². The van der Waals surface area contributed by atoms with Crippen molar-refractivity contribution in [2.75, 3.05) is 0 Å². The molecule has 43 heavy (non-hydrogen) atoms. The fourth-order valence-electron chi connectivity index (χ4n) is 6.78. The SMILES string of the molecule is CC1(C)c2ccccc2-c2c(-c3cc(-c4cc5ccccc5s4)nc(-c4ccc5c(c4)sc4ccccc45)n3)cccc21. The first-order valence-electron chi connectivity index (χ1n) is 14.6. The second-order valence-corrected chi connectivity index (χ2v) is 14.0. The summed E-state index contributed by atoms with van der Waals surface area (Å²) < 4.78 is 3.82. The Labute approximate surface area is 258 Å². The number of hydrogen-bond acceptors (Lipinski definition) is 4. The van der Waals surface area contributed by atoms with E-state index in [9.17, 15) is 0 Å². The molecule has 4 heteroatoms. The minimum atomic E-state index is -0.0711. The van der Waals surface area contributed by atoms with E-state index in [2.05, 4.69) is 135 Å². The lowest BCUT2D eigenvalue weighted by Gasteiger charge is -2.21. The molecule has 2 nitrogen and oxygen atoms in total. The van der Waals surface area contributed by atoms with Crippen LogP contribution in [0.25, 0.3) is 74.6 Å². The highest BCUT2D eigenvalue weighted by molar-refractivity contribution is 7.25. The van der Waals surface area contributed by atoms with Crippen LogP contribution in [0.15, 0.2) is 121 Å². The van der Waals surface area contributed by atoms with Gasteiger partial charge in [-0.15, -0.1) is 22.7 Å². The third-order valence-corrected chi connectivity index (χ3v) is 11.2. The Bertz CT molecular complexity index is 2360. The highest BCUT2D eigenvalue weighted by atomic mass is 32.1. The lowest BCUT2D eigenvalue weighted by molar-refractivity contribution is 0.660. The number of fused-ring (bicyclic) bond motifs is 7. The summed E-state index contributed by atoms with van der Waals surface area (Å²) in [6.45, 7) is 4.66. The Balaban J connectivity index is 1.30. The molecule has 0 saturated carbocycles. The van der Waals surface area contributed by atoms with Crippen molar-refractivity contribution in [3.05, 3.63) is 132 Å². The largest absolute Gasteiger partial charge is 0.228 e. The quantitative estimate of drug-likeness (QED) is 0.206. The third-order valence-electron chi connectivity index (χ3n) is 8.92. The van der Waals surface area contributed by atoms with Gasteiger partial charge in [0.2, 0.25) is 0 Å². The fourth-order valence-corrected chi connectivity index (χ4v) is 8.95. The van der Waals surface area contributed by atoms with Crippen LogP contribution in [0.1, 0.15) is 25.0 Å². The average Bonchev–Trinajstić information content (AvgIpc) is 3.71. The van der Waals surface area contributed by atoms with Gasteiger partial charge in [-0.3, -0.25) is 0 Å². The van der Waals surface area contributed by atoms with Gasteiger partial charge >= 0.3 is 0 Å². The van der Waals surface area contributed by atoms with Gasteiger partial charge in [0.25, 0.3) is 0 Å². The van der Waals surface area contributed by atoms with Gasteiger partial charge in [-0.25, -0.2) is 9.97 Å². The third kappa shape index (κ3) is 3.77. The Morgan fingerprint density at radius 2 is 1.26 bits per heavy atom. The van der Waals surface area contributed by atoms with Crippen molar-refractivity contribution in [3.8, 4) is 44.3 Å². The van der Waals surface area contributed by atoms with Gasteiger partial charge in [0, 0.05) is 41.4 Å². The van der Waals surface area contributed by atoms with Crippen LogP contribution in [0, 0.1) is 0 Å². The topological polar surface area (TPSA) is 25.8 Å². The Hall–Kier alpha value is -4.64. The fraction of sp³-hybridized carbons (Fsp3) is 0.0769. The number of hydrogen-bond donors (Lipinski definition) is 0. The highest BCUT2D eigenvalue weighted by Crippen LogP contribution is 2.52. The summed E-state index contributed by atoms with van der Waals surface area (Å²) in [6, 6.07) is 43.9. The van der Waals surface area contributed by atoms with Crippen LogP contribution in [0.5, 0.6) is 0 Å². The molecule has 1 aliphatic carbocycles. The molecule has 204 valence electrons. The van der Waals surface area contributed by atoms with Crippen LogP contribution in [-0.2, 0) is 5.41 Å². The van der Waals surface area contributed by atoms with Crippen molar-refractivity contribution in [1.82, 2.24) is 9.97 Å². The van der Waals surface area contributed by atoms with Crippen LogP contribution in [0.3, 0.4) is 0 Å². The Morgan fingerprint density at radius 1 is 0.535 bits per heavy atom. The predicted octanol–water partition coefficient (Wildman–Crippen LogP) is 11.4. The zero-order valence-electron chi connectivity index (χ0n) is 23.8. The summed E-state index contributed by atoms with van der Waals surface area (Å²) in [5.41, 5.74) is 9.34. The number of thiophene rings is 2. The number of benzene rings is 5. The molecule has 3 heterocycles. The van der Waals surface area contributed by atoms with Crippen LogP contribution in [0.4, 0.5) is 0 Å². The Morgan fingerprint density at radius 3 is 2.16 bits per heavy atom. The minimum absolute atomic E-state index is 0.0711. The van der Waals surface area contributed by atoms with E-state index in [4.69, 9.17) is 9.97 Å². The summed E-state index contributed by atoms with van der Waals surface area (Å²) >= 11 is 3.62. The predicted molar refractivity (Wildman–Crippen MR) is 184 cm³/mol. The summed E-state index contributed by atoms with van der Waals surface area (Å²) in [4.78, 5) is 11.7. The van der Waals surface area contributed by atoms with E-state index in [1.54, 1.807) is 11.3 Å². The molecule has 1 aliphatic rings. The monoisotopic (exact) mass is 586 g/mol. The van der Waals surface area contributed by atoms with Gasteiger partial charge in [-0.05, 0) is 58.0 Å². The molecule has 0 atom stereocenters. The van der Waals surface area contributed by atoms with Gasteiger partial charge in [0.05, 0.1) is 16.3 Å². The number of aromatic nitrogens is 2. The normalized spacial score (nSPS) is 13.5. The van der Waals surface area contributed by atoms with Crippen LogP contribution in [-0.4, -0.2) is 9.97 Å². The molecule has 5 aromatic carbocycles. The maximum absolute atomic E-state index is 5.31. The Kier molecular flexibility index (Phi) is 5.32. The standard InChI is InChI=1S/C39H26N2S2/c1-39(2)29-14-6-4-12-27(29)37-28(13-9-15-30(37)39)31-22-32(36-20-23-10-3-7-16-33(23)42-36)41-38(40-31)24-18-19-26-25-11-5-8-17-34(25)43-35(26)21-24/h3-22H,1-2H3. The molecule has 0 fully saturated rings. The van der Waals surface area contributed by atoms with Crippen molar-refractivity contribution in [1.29, 1.82) is 0 Å². The summed E-state index contributed by atoms with van der Waals surface area (Å²) in [6.07, 6.45) is 0. The average molecular weight is 587 g/mol. The van der Waals surface area contributed by atoms with Crippen molar-refractivity contribution < 1.29 is 0 Å². The van der Waals surface area contributed by atoms with E-state index in [0.717, 1.165) is 33.2 Å². The molecule has 3 aromatic heterocycles. The lowest BCUT2D eigenvalue weighted by Crippen LogP contribution is -2.14. The molecular weight excluding hydrogens is 561 g/mol. The van der Waals surface area contributed by atoms with Crippen molar-refractivity contribution >= 4 is 52.9 Å². The second-order valence-electron chi connectivity index (χ2n) is 11.8. The molecule has 0 amide bonds. The van der Waals surface area contributed by atoms with Crippen molar-refractivity contribution in [2.45, 2.75) is 19.3 Å². The van der Waals surface area contributed by atoms with E-state index in [-0.39, 0.29) is 5.41 Å². The van der Waals surface area contributed by atoms with E-state index in [1.807, 2.05) is 11.3 Å². The van der Waals surface area contributed by atoms with Gasteiger partial charge in [0.1, 0.15) is 0 Å². The first-order chi connectivity index (χ1) is 21.0. The molecule has 0 aliphatic heterocycles. The van der Waals surface area contributed by atoms with Crippen LogP contribution >= 0.6 is 22.7 Å². The maximum Gasteiger partial charge on any atom is 0.160 e. The molecule has 0 radical (unpaired) electrons. The van der Waals surface area contributed by atoms with Crippen LogP contribution in [0.2, 0.25) is 0 Å². The first kappa shape index (κ1) is 24.9. The molecular formula is C39H26N2S2. The van der Waals surface area contributed by atoms with Gasteiger partial charge in [-0.2, -0.15) is 0 Å². The number of rotatable bonds is 3. The zero-order valence-corrected chi connectivity index (χ0v) is 25.4. The summed E-state index contributed by atoms with van der Waals surface area (Å²) in [5, 5.41) is 3.83. The van der Waals surface area contributed by atoms with Gasteiger partial charge in [0.15, 0.2) is 5.82 Å². The number of nitrogens with zero attached hydrogens (tertiary/aromatic N) is 2. The highest BCUT2D eigenvalue weighted by Gasteiger charge is 2.36. The molecule has 0 spiro atoms. The zero-order chi connectivity index (χ0) is 28.7. The van der Waals surface area contributed by atoms with Crippen molar-refractivity contribution in [2.24, 2.45) is 0 Å². The van der Waals surface area contributed by atoms with E-state index < -0.39 is 0 Å². The van der Waals surface area contributed by atoms with E-state index in [0.29, 0.717) is 0 Å². The summed E-state index contributed by atoms with van der Waals surface area (Å²) in [5.74, 6) is 0.757. The minimum Gasteiger partial charge on any atom is -0.228 e. The first-order valence-corrected chi connectivity index (χ1v) is 16.2. The van der Waals surface area contributed by atoms with Crippen molar-refractivity contribution in [3.63, 3.8) is 0 Å². The lowest BCUT2D eigenvalue weighted by atomic mass is 9.82. The summed E-state index contributed by atoms with van der Waals surface area (Å²) in [7, 11) is 0. The maximum atomic E-state index is 5.31. The van der Waals surface area contributed by atoms with Gasteiger partial charge < -0.3 is 0 Å². The van der Waals surface area contributed by atoms with Gasteiger partial charge in [-0.1, -0.05) is 105 Å². The molecule has 8 aromatic rings. The molecule has 0 saturated heterocycles. The molecule has 0 unspecified atom stereocenters.